The van der Waals surface area contributed by atoms with Gasteiger partial charge in [-0.1, -0.05) is 42.5 Å². The van der Waals surface area contributed by atoms with Gasteiger partial charge in [-0.2, -0.15) is 0 Å². The first-order chi connectivity index (χ1) is 13.1. The number of anilines is 1. The fraction of sp³-hybridized carbons (Fsp3) is 0.190. The fourth-order valence-corrected chi connectivity index (χ4v) is 3.41. The highest BCUT2D eigenvalue weighted by Gasteiger charge is 2.33. The van der Waals surface area contributed by atoms with Crippen molar-refractivity contribution in [1.29, 1.82) is 0 Å². The van der Waals surface area contributed by atoms with Crippen molar-refractivity contribution in [2.45, 2.75) is 25.3 Å². The van der Waals surface area contributed by atoms with Crippen LogP contribution in [0.2, 0.25) is 0 Å². The van der Waals surface area contributed by atoms with Gasteiger partial charge in [0.05, 0.1) is 0 Å². The summed E-state index contributed by atoms with van der Waals surface area (Å²) < 4.78 is 0. The summed E-state index contributed by atoms with van der Waals surface area (Å²) in [5.41, 5.74) is 2.21. The number of imidazole rings is 1. The number of ketones is 2. The van der Waals surface area contributed by atoms with Crippen LogP contribution < -0.4 is 15.4 Å². The van der Waals surface area contributed by atoms with Crippen LogP contribution >= 0.6 is 0 Å². The van der Waals surface area contributed by atoms with E-state index >= 15 is 0 Å². The average molecular weight is 361 g/mol. The van der Waals surface area contributed by atoms with Gasteiger partial charge in [-0.3, -0.25) is 14.9 Å². The van der Waals surface area contributed by atoms with Crippen LogP contribution in [0.3, 0.4) is 0 Å². The first-order valence-electron chi connectivity index (χ1n) is 8.92. The molecule has 1 aliphatic rings. The zero-order chi connectivity index (χ0) is 18.8. The Morgan fingerprint density at radius 1 is 1.07 bits per heavy atom. The van der Waals surface area contributed by atoms with E-state index in [1.54, 1.807) is 24.3 Å². The Bertz CT molecular complexity index is 1000. The van der Waals surface area contributed by atoms with E-state index in [0.29, 0.717) is 17.9 Å². The second-order valence-electron chi connectivity index (χ2n) is 6.59. The van der Waals surface area contributed by atoms with Crippen LogP contribution in [-0.4, -0.2) is 22.6 Å². The number of fused-ring (bicyclic) bond motifs is 1. The van der Waals surface area contributed by atoms with Gasteiger partial charge in [-0.05, 0) is 25.0 Å². The predicted octanol–water partition coefficient (Wildman–Crippen LogP) is 2.01. The van der Waals surface area contributed by atoms with Crippen molar-refractivity contribution in [3.63, 3.8) is 0 Å². The number of carbonyl (C=O) groups is 2. The lowest BCUT2D eigenvalue weighted by molar-refractivity contribution is -0.327. The smallest absolute Gasteiger partial charge is 0.354 e. The molecule has 1 aliphatic carbocycles. The molecular formula is C21H19N3O3. The maximum Gasteiger partial charge on any atom is 0.354 e. The molecule has 0 fully saturated rings. The van der Waals surface area contributed by atoms with E-state index in [9.17, 15) is 14.7 Å². The molecule has 0 bridgehead atoms. The van der Waals surface area contributed by atoms with Gasteiger partial charge in [0.15, 0.2) is 11.8 Å². The minimum absolute atomic E-state index is 0.0437. The zero-order valence-corrected chi connectivity index (χ0v) is 14.6. The molecule has 6 heteroatoms. The fourth-order valence-electron chi connectivity index (χ4n) is 3.41. The van der Waals surface area contributed by atoms with E-state index in [2.05, 4.69) is 15.3 Å². The lowest BCUT2D eigenvalue weighted by Gasteiger charge is -2.27. The Kier molecular flexibility index (Phi) is 4.46. The lowest BCUT2D eigenvalue weighted by Crippen LogP contribution is -2.40. The number of para-hydroxylation sites is 2. The van der Waals surface area contributed by atoms with E-state index in [1.807, 2.05) is 30.3 Å². The summed E-state index contributed by atoms with van der Waals surface area (Å²) in [5, 5.41) is 15.5. The van der Waals surface area contributed by atoms with Crippen molar-refractivity contribution in [2.24, 2.45) is 0 Å². The molecule has 0 spiro atoms. The number of aromatic amines is 2. The van der Waals surface area contributed by atoms with Crippen molar-refractivity contribution in [2.75, 3.05) is 5.32 Å². The lowest BCUT2D eigenvalue weighted by atomic mass is 9.87. The van der Waals surface area contributed by atoms with Crippen molar-refractivity contribution in [3.8, 4) is 0 Å². The third kappa shape index (κ3) is 3.33. The molecule has 0 amide bonds. The molecule has 0 aliphatic heterocycles. The molecule has 0 saturated heterocycles. The minimum atomic E-state index is -1.03. The topological polar surface area (TPSA) is 99.2 Å². The highest BCUT2D eigenvalue weighted by atomic mass is 16.3. The zero-order valence-electron chi connectivity index (χ0n) is 14.6. The molecule has 27 heavy (non-hydrogen) atoms. The van der Waals surface area contributed by atoms with E-state index in [-0.39, 0.29) is 35.7 Å². The van der Waals surface area contributed by atoms with Gasteiger partial charge in [0.25, 0.3) is 0 Å². The molecule has 0 saturated carbocycles. The number of rotatable bonds is 5. The number of nitrogens with one attached hydrogen (secondary N) is 3. The Hall–Kier alpha value is -3.41. The van der Waals surface area contributed by atoms with E-state index in [4.69, 9.17) is 0 Å². The number of allylic oxidation sites excluding steroid dienone is 1. The van der Waals surface area contributed by atoms with Crippen LogP contribution in [0.4, 0.5) is 5.95 Å². The Balaban J connectivity index is 1.75. The maximum atomic E-state index is 13.1. The molecule has 6 nitrogen and oxygen atoms in total. The number of aromatic nitrogens is 2. The van der Waals surface area contributed by atoms with Crippen molar-refractivity contribution in [1.82, 2.24) is 4.98 Å². The number of hydrogen-bond acceptors (Lipinski definition) is 4. The molecule has 136 valence electrons. The quantitative estimate of drug-likeness (QED) is 0.679. The van der Waals surface area contributed by atoms with Crippen molar-refractivity contribution >= 4 is 28.5 Å². The minimum Gasteiger partial charge on any atom is -0.875 e. The summed E-state index contributed by atoms with van der Waals surface area (Å²) in [6.07, 6.45) is 1.11. The third-order valence-corrected chi connectivity index (χ3v) is 4.75. The summed E-state index contributed by atoms with van der Waals surface area (Å²) in [5.74, 6) is -0.348. The maximum absolute atomic E-state index is 13.1. The number of hydrogen-bond donors (Lipinski definition) is 2. The summed E-state index contributed by atoms with van der Waals surface area (Å²) in [6.45, 7) is 0. The largest absolute Gasteiger partial charge is 0.875 e. The molecule has 4 rings (SSSR count). The van der Waals surface area contributed by atoms with Gasteiger partial charge >= 0.3 is 5.95 Å². The molecule has 1 aromatic heterocycles. The molecule has 3 N–H and O–H groups in total. The molecule has 1 atom stereocenters. The van der Waals surface area contributed by atoms with Gasteiger partial charge in [0, 0.05) is 17.6 Å². The summed E-state index contributed by atoms with van der Waals surface area (Å²) >= 11 is 0. The standard InChI is InChI=1S/C21H19N3O3/c25-16-11-6-12-17(26)18(16)19(20(27)13-7-2-1-3-8-13)24-21-22-14-9-4-5-10-15(14)23-21/h1-5,7-10,19,25H,6,11-12H2,(H2,22,23,24). The van der Waals surface area contributed by atoms with Crippen LogP contribution in [0.15, 0.2) is 65.9 Å². The van der Waals surface area contributed by atoms with Gasteiger partial charge in [0.2, 0.25) is 5.78 Å². The SMILES string of the molecule is O=C1CCCC([O-])=C1C(Nc1[nH]c2ccccc2[nH+]1)C(=O)c1ccccc1. The van der Waals surface area contributed by atoms with Gasteiger partial charge in [-0.25, -0.2) is 9.97 Å². The Morgan fingerprint density at radius 2 is 1.81 bits per heavy atom. The summed E-state index contributed by atoms with van der Waals surface area (Å²) in [7, 11) is 0. The number of carbonyl (C=O) groups excluding carboxylic acids is 2. The first kappa shape index (κ1) is 17.0. The number of H-pyrrole nitrogens is 2. The second kappa shape index (κ2) is 7.07. The first-order valence-corrected chi connectivity index (χ1v) is 8.92. The van der Waals surface area contributed by atoms with Crippen LogP contribution in [-0.2, 0) is 4.79 Å². The van der Waals surface area contributed by atoms with Crippen LogP contribution in [0, 0.1) is 0 Å². The number of benzene rings is 2. The van der Waals surface area contributed by atoms with Crippen molar-refractivity contribution in [3.05, 3.63) is 71.5 Å². The van der Waals surface area contributed by atoms with Crippen LogP contribution in [0.5, 0.6) is 0 Å². The molecule has 0 radical (unpaired) electrons. The van der Waals surface area contributed by atoms with Crippen LogP contribution in [0.1, 0.15) is 29.6 Å². The summed E-state index contributed by atoms with van der Waals surface area (Å²) in [6, 6.07) is 15.3. The van der Waals surface area contributed by atoms with Crippen molar-refractivity contribution < 1.29 is 19.7 Å². The third-order valence-electron chi connectivity index (χ3n) is 4.75. The van der Waals surface area contributed by atoms with E-state index in [0.717, 1.165) is 11.0 Å². The molecule has 3 aromatic rings. The highest BCUT2D eigenvalue weighted by Crippen LogP contribution is 2.25. The van der Waals surface area contributed by atoms with E-state index in [1.165, 1.54) is 0 Å². The molecular weight excluding hydrogens is 342 g/mol. The molecule has 2 aromatic carbocycles. The monoisotopic (exact) mass is 361 g/mol. The number of Topliss-reactive ketones (excluding diaryl/α,β-unsaturated/α-hetero) is 2. The van der Waals surface area contributed by atoms with Crippen LogP contribution in [0.25, 0.3) is 11.0 Å². The predicted molar refractivity (Wildman–Crippen MR) is 98.9 cm³/mol. The second-order valence-corrected chi connectivity index (χ2v) is 6.59. The van der Waals surface area contributed by atoms with Gasteiger partial charge in [-0.15, -0.1) is 5.76 Å². The molecule has 1 heterocycles. The highest BCUT2D eigenvalue weighted by molar-refractivity contribution is 6.11. The average Bonchev–Trinajstić information content (AvgIpc) is 3.09. The van der Waals surface area contributed by atoms with Gasteiger partial charge in [0.1, 0.15) is 11.0 Å². The van der Waals surface area contributed by atoms with Gasteiger partial charge < -0.3 is 5.11 Å². The van der Waals surface area contributed by atoms with E-state index < -0.39 is 6.04 Å². The molecule has 1 unspecified atom stereocenters. The summed E-state index contributed by atoms with van der Waals surface area (Å²) in [4.78, 5) is 31.9. The Morgan fingerprint density at radius 3 is 2.56 bits per heavy atom. The Labute approximate surface area is 155 Å². The normalized spacial score (nSPS) is 15.8.